The molecule has 0 bridgehead atoms. The number of carbonyl (C=O) groups is 1. The van der Waals surface area contributed by atoms with E-state index in [2.05, 4.69) is 26.0 Å². The highest BCUT2D eigenvalue weighted by Crippen LogP contribution is 2.33. The number of ether oxygens (including phenoxy) is 2. The first-order valence-electron chi connectivity index (χ1n) is 13.8. The Kier molecular flexibility index (Phi) is 11.3. The molecule has 0 heterocycles. The Bertz CT molecular complexity index is 692. The van der Waals surface area contributed by atoms with E-state index in [4.69, 9.17) is 9.47 Å². The number of esters is 1. The molecule has 184 valence electrons. The van der Waals surface area contributed by atoms with Gasteiger partial charge >= 0.3 is 5.97 Å². The normalized spacial score (nSPS) is 25.8. The Morgan fingerprint density at radius 3 is 2.12 bits per heavy atom. The fraction of sp³-hybridized carbons (Fsp3) is 0.700. The van der Waals surface area contributed by atoms with Crippen LogP contribution in [-0.2, 0) is 4.79 Å². The zero-order valence-electron chi connectivity index (χ0n) is 21.1. The lowest BCUT2D eigenvalue weighted by molar-refractivity contribution is -0.140. The molecule has 3 rings (SSSR count). The van der Waals surface area contributed by atoms with Crippen LogP contribution >= 0.6 is 0 Å². The lowest BCUT2D eigenvalue weighted by Crippen LogP contribution is -2.25. The van der Waals surface area contributed by atoms with Gasteiger partial charge in [-0.15, -0.1) is 0 Å². The van der Waals surface area contributed by atoms with E-state index < -0.39 is 0 Å². The third kappa shape index (κ3) is 9.18. The number of allylic oxidation sites excluding steroid dienone is 1. The summed E-state index contributed by atoms with van der Waals surface area (Å²) in [6.45, 7) is 5.12. The Morgan fingerprint density at radius 2 is 1.45 bits per heavy atom. The summed E-state index contributed by atoms with van der Waals surface area (Å²) in [4.78, 5) is 12.5. The second kappa shape index (κ2) is 14.5. The summed E-state index contributed by atoms with van der Waals surface area (Å²) in [5, 5.41) is 0. The van der Waals surface area contributed by atoms with Crippen LogP contribution in [0.5, 0.6) is 11.5 Å². The van der Waals surface area contributed by atoms with Crippen molar-refractivity contribution in [2.24, 2.45) is 23.7 Å². The smallest absolute Gasteiger partial charge is 0.314 e. The highest BCUT2D eigenvalue weighted by molar-refractivity contribution is 5.75. The summed E-state index contributed by atoms with van der Waals surface area (Å²) in [6, 6.07) is 7.49. The maximum Gasteiger partial charge on any atom is 0.314 e. The van der Waals surface area contributed by atoms with E-state index in [1.807, 2.05) is 24.3 Å². The predicted octanol–water partition coefficient (Wildman–Crippen LogP) is 8.52. The van der Waals surface area contributed by atoms with Crippen LogP contribution in [0.25, 0.3) is 0 Å². The molecule has 2 saturated carbocycles. The largest absolute Gasteiger partial charge is 0.490 e. The molecule has 0 amide bonds. The maximum absolute atomic E-state index is 12.5. The van der Waals surface area contributed by atoms with Gasteiger partial charge in [-0.2, -0.15) is 0 Å². The standard InChI is InChI=1S/C30H46O3/c1-3-5-6-9-25-11-13-26(14-12-25)10-7-23-32-28-19-21-29(22-20-28)33-30(31)27-17-15-24(8-4-2)16-18-27/h7,10,19-22,24-27H,3-6,8-9,11-18,23H2,1-2H3. The number of rotatable bonds is 12. The summed E-state index contributed by atoms with van der Waals surface area (Å²) >= 11 is 0. The molecule has 1 aromatic rings. The Morgan fingerprint density at radius 1 is 0.818 bits per heavy atom. The summed E-state index contributed by atoms with van der Waals surface area (Å²) in [5.74, 6) is 3.91. The van der Waals surface area contributed by atoms with Crippen molar-refractivity contribution in [3.63, 3.8) is 0 Å². The quantitative estimate of drug-likeness (QED) is 0.137. The van der Waals surface area contributed by atoms with Crippen LogP contribution in [0.2, 0.25) is 0 Å². The molecule has 0 spiro atoms. The molecule has 3 nitrogen and oxygen atoms in total. The summed E-state index contributed by atoms with van der Waals surface area (Å²) in [6.07, 6.45) is 22.3. The lowest BCUT2D eigenvalue weighted by Gasteiger charge is -2.26. The second-order valence-electron chi connectivity index (χ2n) is 10.4. The van der Waals surface area contributed by atoms with Gasteiger partial charge < -0.3 is 9.47 Å². The number of hydrogen-bond acceptors (Lipinski definition) is 3. The second-order valence-corrected chi connectivity index (χ2v) is 10.4. The van der Waals surface area contributed by atoms with Crippen molar-refractivity contribution >= 4 is 5.97 Å². The van der Waals surface area contributed by atoms with Crippen molar-refractivity contribution in [2.45, 2.75) is 104 Å². The third-order valence-corrected chi connectivity index (χ3v) is 7.78. The van der Waals surface area contributed by atoms with Crippen LogP contribution in [0.1, 0.15) is 104 Å². The third-order valence-electron chi connectivity index (χ3n) is 7.78. The average molecular weight is 455 g/mol. The minimum absolute atomic E-state index is 0.0607. The van der Waals surface area contributed by atoms with Crippen molar-refractivity contribution in [1.29, 1.82) is 0 Å². The van der Waals surface area contributed by atoms with E-state index in [1.165, 1.54) is 64.2 Å². The molecule has 1 aromatic carbocycles. The molecule has 0 aliphatic heterocycles. The highest BCUT2D eigenvalue weighted by atomic mass is 16.5. The summed E-state index contributed by atoms with van der Waals surface area (Å²) in [5.41, 5.74) is 0. The van der Waals surface area contributed by atoms with Crippen molar-refractivity contribution < 1.29 is 14.3 Å². The Labute approximate surface area is 202 Å². The van der Waals surface area contributed by atoms with E-state index >= 15 is 0 Å². The SMILES string of the molecule is CCCCCC1CCC(C=CCOc2ccc(OC(=O)C3CCC(CCC)CC3)cc2)CC1. The number of carbonyl (C=O) groups excluding carboxylic acids is 1. The molecule has 0 radical (unpaired) electrons. The van der Waals surface area contributed by atoms with Crippen LogP contribution in [0.15, 0.2) is 36.4 Å². The van der Waals surface area contributed by atoms with Crippen molar-refractivity contribution in [3.8, 4) is 11.5 Å². The van der Waals surface area contributed by atoms with Crippen molar-refractivity contribution in [3.05, 3.63) is 36.4 Å². The van der Waals surface area contributed by atoms with E-state index in [1.54, 1.807) is 0 Å². The zero-order chi connectivity index (χ0) is 23.3. The molecule has 0 saturated heterocycles. The fourth-order valence-electron chi connectivity index (χ4n) is 5.64. The molecule has 33 heavy (non-hydrogen) atoms. The van der Waals surface area contributed by atoms with Crippen LogP contribution in [0.4, 0.5) is 0 Å². The van der Waals surface area contributed by atoms with Crippen LogP contribution < -0.4 is 9.47 Å². The van der Waals surface area contributed by atoms with Gasteiger partial charge in [0.05, 0.1) is 5.92 Å². The first-order valence-corrected chi connectivity index (χ1v) is 13.8. The molecule has 3 heteroatoms. The monoisotopic (exact) mass is 454 g/mol. The molecule has 2 aliphatic rings. The van der Waals surface area contributed by atoms with Crippen molar-refractivity contribution in [1.82, 2.24) is 0 Å². The topological polar surface area (TPSA) is 35.5 Å². The molecule has 0 N–H and O–H groups in total. The summed E-state index contributed by atoms with van der Waals surface area (Å²) in [7, 11) is 0. The van der Waals surface area contributed by atoms with E-state index in [-0.39, 0.29) is 11.9 Å². The van der Waals surface area contributed by atoms with Gasteiger partial charge in [0.15, 0.2) is 0 Å². The molecule has 2 fully saturated rings. The van der Waals surface area contributed by atoms with Gasteiger partial charge in [0, 0.05) is 0 Å². The summed E-state index contributed by atoms with van der Waals surface area (Å²) < 4.78 is 11.5. The molecule has 0 aromatic heterocycles. The maximum atomic E-state index is 12.5. The van der Waals surface area contributed by atoms with Crippen LogP contribution in [0, 0.1) is 23.7 Å². The van der Waals surface area contributed by atoms with Gasteiger partial charge in [0.1, 0.15) is 18.1 Å². The van der Waals surface area contributed by atoms with Crippen LogP contribution in [0.3, 0.4) is 0 Å². The van der Waals surface area contributed by atoms with Gasteiger partial charge in [-0.25, -0.2) is 0 Å². The van der Waals surface area contributed by atoms with E-state index in [9.17, 15) is 4.79 Å². The number of hydrogen-bond donors (Lipinski definition) is 0. The predicted molar refractivity (Wildman–Crippen MR) is 137 cm³/mol. The number of unbranched alkanes of at least 4 members (excludes halogenated alkanes) is 2. The lowest BCUT2D eigenvalue weighted by atomic mass is 9.79. The minimum Gasteiger partial charge on any atom is -0.490 e. The molecular weight excluding hydrogens is 408 g/mol. The minimum atomic E-state index is -0.0679. The first-order chi connectivity index (χ1) is 16.2. The van der Waals surface area contributed by atoms with Crippen LogP contribution in [-0.4, -0.2) is 12.6 Å². The van der Waals surface area contributed by atoms with E-state index in [0.29, 0.717) is 12.4 Å². The Hall–Kier alpha value is -1.77. The van der Waals surface area contributed by atoms with Gasteiger partial charge in [-0.1, -0.05) is 64.5 Å². The Balaban J connectivity index is 1.31. The molecule has 0 atom stereocenters. The van der Waals surface area contributed by atoms with Gasteiger partial charge in [0.25, 0.3) is 0 Å². The molecule has 0 unspecified atom stereocenters. The highest BCUT2D eigenvalue weighted by Gasteiger charge is 2.27. The van der Waals surface area contributed by atoms with Gasteiger partial charge in [-0.05, 0) is 93.4 Å². The number of benzene rings is 1. The fourth-order valence-corrected chi connectivity index (χ4v) is 5.64. The average Bonchev–Trinajstić information content (AvgIpc) is 2.84. The first kappa shape index (κ1) is 25.8. The van der Waals surface area contributed by atoms with Gasteiger partial charge in [-0.3, -0.25) is 4.79 Å². The van der Waals surface area contributed by atoms with Crippen molar-refractivity contribution in [2.75, 3.05) is 6.61 Å². The van der Waals surface area contributed by atoms with E-state index in [0.717, 1.165) is 49.2 Å². The molecule has 2 aliphatic carbocycles. The van der Waals surface area contributed by atoms with Gasteiger partial charge in [0.2, 0.25) is 0 Å². The molecular formula is C30H46O3. The zero-order valence-corrected chi connectivity index (χ0v) is 21.1.